The first-order valence-electron chi connectivity index (χ1n) is 5.77. The molecule has 0 bridgehead atoms. The van der Waals surface area contributed by atoms with Crippen molar-refractivity contribution < 1.29 is 0 Å². The lowest BCUT2D eigenvalue weighted by Gasteiger charge is -2.32. The van der Waals surface area contributed by atoms with Crippen molar-refractivity contribution in [3.05, 3.63) is 0 Å². The Morgan fingerprint density at radius 1 is 1.00 bits per heavy atom. The van der Waals surface area contributed by atoms with Crippen LogP contribution in [0.4, 0.5) is 0 Å². The summed E-state index contributed by atoms with van der Waals surface area (Å²) < 4.78 is 0. The lowest BCUT2D eigenvalue weighted by atomic mass is 9.77. The van der Waals surface area contributed by atoms with Gasteiger partial charge >= 0.3 is 0 Å². The first-order valence-corrected chi connectivity index (χ1v) is 6.68. The van der Waals surface area contributed by atoms with Gasteiger partial charge in [0.25, 0.3) is 0 Å². The molecule has 0 nitrogen and oxygen atoms in total. The molecule has 0 aromatic carbocycles. The second-order valence-electron chi connectivity index (χ2n) is 4.95. The molecule has 0 aromatic heterocycles. The first kappa shape index (κ1) is 11.6. The van der Waals surface area contributed by atoms with Crippen LogP contribution in [0.25, 0.3) is 0 Å². The van der Waals surface area contributed by atoms with Crippen molar-refractivity contribution in [2.24, 2.45) is 17.8 Å². The largest absolute Gasteiger partial charge is 0.0885 e. The number of alkyl halides is 1. The summed E-state index contributed by atoms with van der Waals surface area (Å²) in [6.45, 7) is 7.06. The predicted molar refractivity (Wildman–Crippen MR) is 63.3 cm³/mol. The molecule has 0 aromatic rings. The minimum Gasteiger partial charge on any atom is -0.0885 e. The topological polar surface area (TPSA) is 0 Å². The number of hydrogen-bond acceptors (Lipinski definition) is 0. The Morgan fingerprint density at radius 2 is 1.54 bits per heavy atom. The van der Waals surface area contributed by atoms with Crippen LogP contribution in [-0.2, 0) is 0 Å². The summed E-state index contributed by atoms with van der Waals surface area (Å²) in [5.74, 6) is 2.62. The van der Waals surface area contributed by atoms with Gasteiger partial charge in [0.2, 0.25) is 0 Å². The highest BCUT2D eigenvalue weighted by molar-refractivity contribution is 9.09. The van der Waals surface area contributed by atoms with Gasteiger partial charge in [-0.15, -0.1) is 0 Å². The fraction of sp³-hybridized carbons (Fsp3) is 1.00. The van der Waals surface area contributed by atoms with E-state index in [0.29, 0.717) is 0 Å². The summed E-state index contributed by atoms with van der Waals surface area (Å²) in [6.07, 6.45) is 7.34. The molecule has 13 heavy (non-hydrogen) atoms. The maximum Gasteiger partial charge on any atom is 0.0197 e. The van der Waals surface area contributed by atoms with Gasteiger partial charge in [0.1, 0.15) is 0 Å². The molecule has 1 fully saturated rings. The molecule has 1 rings (SSSR count). The lowest BCUT2D eigenvalue weighted by Crippen LogP contribution is -2.26. The molecule has 1 aliphatic carbocycles. The van der Waals surface area contributed by atoms with Crippen molar-refractivity contribution >= 4 is 15.9 Å². The van der Waals surface area contributed by atoms with Crippen LogP contribution < -0.4 is 0 Å². The van der Waals surface area contributed by atoms with E-state index in [4.69, 9.17) is 0 Å². The van der Waals surface area contributed by atoms with Crippen LogP contribution in [0.1, 0.15) is 52.9 Å². The minimum atomic E-state index is 0.718. The molecular weight excluding hydrogens is 224 g/mol. The monoisotopic (exact) mass is 246 g/mol. The zero-order chi connectivity index (χ0) is 9.84. The average molecular weight is 247 g/mol. The summed E-state index contributed by atoms with van der Waals surface area (Å²) in [6, 6.07) is 0. The summed E-state index contributed by atoms with van der Waals surface area (Å²) in [4.78, 5) is 0.718. The minimum absolute atomic E-state index is 0.718. The third-order valence-electron chi connectivity index (χ3n) is 3.53. The van der Waals surface area contributed by atoms with Gasteiger partial charge < -0.3 is 0 Å². The molecule has 0 amide bonds. The Balaban J connectivity index is 2.40. The van der Waals surface area contributed by atoms with Gasteiger partial charge in [-0.1, -0.05) is 68.8 Å². The molecule has 1 aliphatic rings. The van der Waals surface area contributed by atoms with Crippen LogP contribution in [0.15, 0.2) is 0 Å². The Labute approximate surface area is 91.6 Å². The Hall–Kier alpha value is 0.480. The van der Waals surface area contributed by atoms with Crippen molar-refractivity contribution in [1.29, 1.82) is 0 Å². The van der Waals surface area contributed by atoms with E-state index in [2.05, 4.69) is 36.7 Å². The Morgan fingerprint density at radius 3 is 2.00 bits per heavy atom. The highest BCUT2D eigenvalue weighted by Gasteiger charge is 2.26. The molecule has 0 radical (unpaired) electrons. The van der Waals surface area contributed by atoms with Gasteiger partial charge in [0.05, 0.1) is 0 Å². The van der Waals surface area contributed by atoms with Gasteiger partial charge in [-0.2, -0.15) is 0 Å². The van der Waals surface area contributed by atoms with Crippen molar-refractivity contribution in [3.8, 4) is 0 Å². The summed E-state index contributed by atoms with van der Waals surface area (Å²) >= 11 is 3.84. The van der Waals surface area contributed by atoms with Crippen LogP contribution in [0, 0.1) is 17.8 Å². The first-order chi connectivity index (χ1) is 6.13. The van der Waals surface area contributed by atoms with E-state index in [1.165, 1.54) is 32.1 Å². The van der Waals surface area contributed by atoms with E-state index in [1.807, 2.05) is 0 Å². The van der Waals surface area contributed by atoms with E-state index in [0.717, 1.165) is 22.6 Å². The Kier molecular flexibility index (Phi) is 4.78. The number of hydrogen-bond donors (Lipinski definition) is 0. The standard InChI is InChI=1S/C12H23Br/c1-9(2)12(13)10(3)11-7-5-4-6-8-11/h9-12H,4-8H2,1-3H3. The van der Waals surface area contributed by atoms with E-state index >= 15 is 0 Å². The van der Waals surface area contributed by atoms with Crippen molar-refractivity contribution in [2.45, 2.75) is 57.7 Å². The summed E-state index contributed by atoms with van der Waals surface area (Å²) in [5.41, 5.74) is 0. The predicted octanol–water partition coefficient (Wildman–Crippen LogP) is 4.62. The fourth-order valence-corrected chi connectivity index (χ4v) is 2.96. The molecule has 0 aliphatic heterocycles. The van der Waals surface area contributed by atoms with E-state index < -0.39 is 0 Å². The van der Waals surface area contributed by atoms with Gasteiger partial charge in [0.15, 0.2) is 0 Å². The molecule has 1 heteroatoms. The van der Waals surface area contributed by atoms with Gasteiger partial charge in [0, 0.05) is 4.83 Å². The second-order valence-corrected chi connectivity index (χ2v) is 6.00. The normalized spacial score (nSPS) is 24.7. The number of halogens is 1. The van der Waals surface area contributed by atoms with Gasteiger partial charge in [-0.25, -0.2) is 0 Å². The summed E-state index contributed by atoms with van der Waals surface area (Å²) in [7, 11) is 0. The van der Waals surface area contributed by atoms with Crippen LogP contribution in [0.2, 0.25) is 0 Å². The molecule has 1 saturated carbocycles. The maximum atomic E-state index is 3.84. The van der Waals surface area contributed by atoms with E-state index in [1.54, 1.807) is 0 Å². The zero-order valence-electron chi connectivity index (χ0n) is 9.22. The third-order valence-corrected chi connectivity index (χ3v) is 5.42. The smallest absolute Gasteiger partial charge is 0.0197 e. The quantitative estimate of drug-likeness (QED) is 0.638. The highest BCUT2D eigenvalue weighted by atomic mass is 79.9. The van der Waals surface area contributed by atoms with Crippen LogP contribution in [-0.4, -0.2) is 4.83 Å². The zero-order valence-corrected chi connectivity index (χ0v) is 10.8. The number of rotatable bonds is 3. The third kappa shape index (κ3) is 3.27. The lowest BCUT2D eigenvalue weighted by molar-refractivity contribution is 0.243. The van der Waals surface area contributed by atoms with Crippen molar-refractivity contribution in [2.75, 3.05) is 0 Å². The van der Waals surface area contributed by atoms with Crippen LogP contribution in [0.3, 0.4) is 0 Å². The van der Waals surface area contributed by atoms with Gasteiger partial charge in [-0.3, -0.25) is 0 Å². The summed E-state index contributed by atoms with van der Waals surface area (Å²) in [5, 5.41) is 0. The van der Waals surface area contributed by atoms with Gasteiger partial charge in [-0.05, 0) is 17.8 Å². The fourth-order valence-electron chi connectivity index (χ4n) is 2.53. The SMILES string of the molecule is CC(C)C(Br)C(C)C1CCCCC1. The molecular formula is C12H23Br. The van der Waals surface area contributed by atoms with Crippen LogP contribution >= 0.6 is 15.9 Å². The molecule has 78 valence electrons. The van der Waals surface area contributed by atoms with Crippen molar-refractivity contribution in [1.82, 2.24) is 0 Å². The molecule has 2 unspecified atom stereocenters. The molecule has 0 saturated heterocycles. The highest BCUT2D eigenvalue weighted by Crippen LogP contribution is 2.36. The van der Waals surface area contributed by atoms with E-state index in [-0.39, 0.29) is 0 Å². The van der Waals surface area contributed by atoms with Crippen LogP contribution in [0.5, 0.6) is 0 Å². The molecule has 0 spiro atoms. The molecule has 0 heterocycles. The van der Waals surface area contributed by atoms with E-state index in [9.17, 15) is 0 Å². The molecule has 2 atom stereocenters. The van der Waals surface area contributed by atoms with Crippen molar-refractivity contribution in [3.63, 3.8) is 0 Å². The average Bonchev–Trinajstić information content (AvgIpc) is 2.17. The maximum absolute atomic E-state index is 3.84. The second kappa shape index (κ2) is 5.38. The Bertz CT molecular complexity index is 136. The molecule has 0 N–H and O–H groups in total.